The number of hydrogen-bond acceptors (Lipinski definition) is 7. The van der Waals surface area contributed by atoms with Crippen LogP contribution < -0.4 is 20.5 Å². The Morgan fingerprint density at radius 2 is 1.87 bits per heavy atom. The third-order valence-electron chi connectivity index (χ3n) is 5.90. The van der Waals surface area contributed by atoms with Crippen molar-refractivity contribution in [2.24, 2.45) is 5.41 Å². The first-order valence-electron chi connectivity index (χ1n) is 10.6. The molecule has 0 bridgehead atoms. The summed E-state index contributed by atoms with van der Waals surface area (Å²) in [6.07, 6.45) is 3.54. The summed E-state index contributed by atoms with van der Waals surface area (Å²) in [6.45, 7) is 7.35. The number of fused-ring (bicyclic) bond motifs is 1. The van der Waals surface area contributed by atoms with E-state index >= 15 is 0 Å². The number of rotatable bonds is 8. The molecular weight excluding hydrogens is 382 g/mol. The number of amides is 1. The summed E-state index contributed by atoms with van der Waals surface area (Å²) in [5.41, 5.74) is 7.05. The van der Waals surface area contributed by atoms with Crippen molar-refractivity contribution in [1.82, 2.24) is 20.2 Å². The third-order valence-corrected chi connectivity index (χ3v) is 5.90. The molecule has 0 aliphatic carbocycles. The van der Waals surface area contributed by atoms with Crippen LogP contribution in [0.5, 0.6) is 11.5 Å². The number of methoxy groups -OCH3 is 2. The highest BCUT2D eigenvalue weighted by Gasteiger charge is 2.31. The summed E-state index contributed by atoms with van der Waals surface area (Å²) in [5.74, 6) is 2.56. The zero-order valence-electron chi connectivity index (χ0n) is 18.5. The molecule has 2 heterocycles. The number of benzene rings is 1. The fourth-order valence-corrected chi connectivity index (χ4v) is 3.93. The molecule has 1 aromatic heterocycles. The van der Waals surface area contributed by atoms with Gasteiger partial charge in [-0.1, -0.05) is 13.8 Å². The molecule has 1 aromatic carbocycles. The Bertz CT molecular complexity index is 894. The largest absolute Gasteiger partial charge is 0.493 e. The molecule has 1 fully saturated rings. The first-order chi connectivity index (χ1) is 14.4. The molecular formula is C22H33N5O3. The molecule has 1 amide bonds. The van der Waals surface area contributed by atoms with Gasteiger partial charge in [0.25, 0.3) is 0 Å². The van der Waals surface area contributed by atoms with E-state index in [4.69, 9.17) is 15.2 Å². The van der Waals surface area contributed by atoms with E-state index in [9.17, 15) is 4.79 Å². The topological polar surface area (TPSA) is 103 Å². The summed E-state index contributed by atoms with van der Waals surface area (Å²) >= 11 is 0. The second-order valence-electron chi connectivity index (χ2n) is 8.29. The van der Waals surface area contributed by atoms with Gasteiger partial charge < -0.3 is 25.4 Å². The number of piperidine rings is 1. The van der Waals surface area contributed by atoms with Gasteiger partial charge in [0.1, 0.15) is 11.6 Å². The Kier molecular flexibility index (Phi) is 6.97. The monoisotopic (exact) mass is 415 g/mol. The van der Waals surface area contributed by atoms with E-state index in [1.54, 1.807) is 20.3 Å². The molecule has 1 saturated heterocycles. The molecule has 30 heavy (non-hydrogen) atoms. The number of carbonyl (C=O) groups excluding carboxylic acids is 1. The lowest BCUT2D eigenvalue weighted by Gasteiger charge is -2.39. The van der Waals surface area contributed by atoms with Crippen molar-refractivity contribution >= 4 is 22.6 Å². The van der Waals surface area contributed by atoms with Gasteiger partial charge in [-0.15, -0.1) is 0 Å². The van der Waals surface area contributed by atoms with Crippen LogP contribution in [0.2, 0.25) is 0 Å². The number of likely N-dealkylation sites (tertiary alicyclic amines) is 1. The van der Waals surface area contributed by atoms with Gasteiger partial charge in [0.15, 0.2) is 11.5 Å². The average Bonchev–Trinajstić information content (AvgIpc) is 2.73. The second-order valence-corrected chi connectivity index (χ2v) is 8.29. The highest BCUT2D eigenvalue weighted by Crippen LogP contribution is 2.33. The van der Waals surface area contributed by atoms with Crippen molar-refractivity contribution in [2.75, 3.05) is 39.6 Å². The van der Waals surface area contributed by atoms with E-state index in [2.05, 4.69) is 22.2 Å². The molecule has 164 valence electrons. The quantitative estimate of drug-likeness (QED) is 0.683. The van der Waals surface area contributed by atoms with E-state index in [1.807, 2.05) is 17.9 Å². The highest BCUT2D eigenvalue weighted by atomic mass is 16.5. The Morgan fingerprint density at radius 1 is 1.20 bits per heavy atom. The van der Waals surface area contributed by atoms with Crippen LogP contribution in [0.25, 0.3) is 10.9 Å². The molecule has 0 unspecified atom stereocenters. The number of ether oxygens (including phenoxy) is 2. The lowest BCUT2D eigenvalue weighted by molar-refractivity contribution is -0.133. The number of nitrogens with two attached hydrogens (primary N) is 1. The predicted octanol–water partition coefficient (Wildman–Crippen LogP) is 2.75. The van der Waals surface area contributed by atoms with Crippen LogP contribution in [-0.4, -0.2) is 54.6 Å². The van der Waals surface area contributed by atoms with Gasteiger partial charge in [0, 0.05) is 37.5 Å². The smallest absolute Gasteiger partial charge is 0.222 e. The maximum absolute atomic E-state index is 12.1. The van der Waals surface area contributed by atoms with E-state index in [0.29, 0.717) is 36.1 Å². The summed E-state index contributed by atoms with van der Waals surface area (Å²) in [5, 5.41) is 4.23. The van der Waals surface area contributed by atoms with Gasteiger partial charge in [-0.25, -0.2) is 9.97 Å². The van der Waals surface area contributed by atoms with Crippen molar-refractivity contribution in [2.45, 2.75) is 46.1 Å². The lowest BCUT2D eigenvalue weighted by atomic mass is 9.80. The van der Waals surface area contributed by atoms with Crippen LogP contribution in [-0.2, 0) is 11.3 Å². The summed E-state index contributed by atoms with van der Waals surface area (Å²) < 4.78 is 10.7. The van der Waals surface area contributed by atoms with Crippen molar-refractivity contribution in [3.05, 3.63) is 18.0 Å². The fourth-order valence-electron chi connectivity index (χ4n) is 3.93. The van der Waals surface area contributed by atoms with Gasteiger partial charge in [0.2, 0.25) is 5.91 Å². The lowest BCUT2D eigenvalue weighted by Crippen LogP contribution is -2.45. The standard InChI is InChI=1S/C22H33N5O3/c1-5-6-20(28)27-9-7-22(2,8-10-27)14-24-13-19-25-16-12-18(30-4)17(29-3)11-15(16)21(23)26-19/h11-12,24H,5-10,13-14H2,1-4H3,(H2,23,25,26). The van der Waals surface area contributed by atoms with Crippen molar-refractivity contribution in [3.8, 4) is 11.5 Å². The van der Waals surface area contributed by atoms with Crippen LogP contribution in [0.4, 0.5) is 5.82 Å². The molecule has 1 aliphatic rings. The Hall–Kier alpha value is -2.61. The number of anilines is 1. The molecule has 0 spiro atoms. The minimum Gasteiger partial charge on any atom is -0.493 e. The number of hydrogen-bond donors (Lipinski definition) is 2. The van der Waals surface area contributed by atoms with Crippen LogP contribution in [0.3, 0.4) is 0 Å². The van der Waals surface area contributed by atoms with E-state index in [-0.39, 0.29) is 11.3 Å². The Labute approximate surface area is 178 Å². The SMILES string of the molecule is CCCC(=O)N1CCC(C)(CNCc2nc(N)c3cc(OC)c(OC)cc3n2)CC1. The van der Waals surface area contributed by atoms with Crippen LogP contribution >= 0.6 is 0 Å². The number of nitrogen functional groups attached to an aromatic ring is 1. The van der Waals surface area contributed by atoms with Gasteiger partial charge in [-0.05, 0) is 30.7 Å². The average molecular weight is 416 g/mol. The van der Waals surface area contributed by atoms with Crippen molar-refractivity contribution in [3.63, 3.8) is 0 Å². The van der Waals surface area contributed by atoms with E-state index in [0.717, 1.165) is 49.8 Å². The molecule has 0 saturated carbocycles. The van der Waals surface area contributed by atoms with Crippen molar-refractivity contribution < 1.29 is 14.3 Å². The van der Waals surface area contributed by atoms with E-state index in [1.165, 1.54) is 0 Å². The first-order valence-corrected chi connectivity index (χ1v) is 10.6. The van der Waals surface area contributed by atoms with Crippen LogP contribution in [0.15, 0.2) is 12.1 Å². The number of nitrogens with zero attached hydrogens (tertiary/aromatic N) is 3. The molecule has 8 nitrogen and oxygen atoms in total. The molecule has 3 rings (SSSR count). The predicted molar refractivity (Wildman–Crippen MR) is 118 cm³/mol. The van der Waals surface area contributed by atoms with Crippen LogP contribution in [0, 0.1) is 5.41 Å². The van der Waals surface area contributed by atoms with Crippen LogP contribution in [0.1, 0.15) is 45.4 Å². The molecule has 3 N–H and O–H groups in total. The molecule has 0 atom stereocenters. The molecule has 2 aromatic rings. The maximum Gasteiger partial charge on any atom is 0.222 e. The normalized spacial score (nSPS) is 15.9. The fraction of sp³-hybridized carbons (Fsp3) is 0.591. The number of nitrogens with one attached hydrogen (secondary N) is 1. The molecule has 8 heteroatoms. The number of aromatic nitrogens is 2. The Morgan fingerprint density at radius 3 is 2.50 bits per heavy atom. The van der Waals surface area contributed by atoms with Gasteiger partial charge in [-0.3, -0.25) is 4.79 Å². The zero-order valence-corrected chi connectivity index (χ0v) is 18.5. The summed E-state index contributed by atoms with van der Waals surface area (Å²) in [6, 6.07) is 3.62. The minimum absolute atomic E-state index is 0.155. The minimum atomic E-state index is 0.155. The van der Waals surface area contributed by atoms with Gasteiger partial charge >= 0.3 is 0 Å². The molecule has 1 aliphatic heterocycles. The molecule has 0 radical (unpaired) electrons. The second kappa shape index (κ2) is 9.47. The summed E-state index contributed by atoms with van der Waals surface area (Å²) in [4.78, 5) is 23.2. The third kappa shape index (κ3) is 4.92. The highest BCUT2D eigenvalue weighted by molar-refractivity contribution is 5.90. The maximum atomic E-state index is 12.1. The van der Waals surface area contributed by atoms with Gasteiger partial charge in [-0.2, -0.15) is 0 Å². The zero-order chi connectivity index (χ0) is 21.7. The number of carbonyl (C=O) groups is 1. The summed E-state index contributed by atoms with van der Waals surface area (Å²) in [7, 11) is 3.18. The first kappa shape index (κ1) is 22.1. The van der Waals surface area contributed by atoms with E-state index < -0.39 is 0 Å². The Balaban J connectivity index is 1.61. The van der Waals surface area contributed by atoms with Crippen molar-refractivity contribution in [1.29, 1.82) is 0 Å². The van der Waals surface area contributed by atoms with Gasteiger partial charge in [0.05, 0.1) is 26.3 Å².